The zero-order valence-corrected chi connectivity index (χ0v) is 20.5. The highest BCUT2D eigenvalue weighted by Gasteiger charge is 2.49. The first-order valence-electron chi connectivity index (χ1n) is 12.1. The lowest BCUT2D eigenvalue weighted by Gasteiger charge is -2.39. The average Bonchev–Trinajstić information content (AvgIpc) is 3.51. The Balaban J connectivity index is 1.35. The number of hydrogen-bond donors (Lipinski definition) is 5. The second kappa shape index (κ2) is 10.6. The van der Waals surface area contributed by atoms with Gasteiger partial charge in [-0.25, -0.2) is 0 Å². The number of phenolic OH excluding ortho intramolecular Hbond substituents is 1. The smallest absolute Gasteiger partial charge is 0.229 e. The van der Waals surface area contributed by atoms with Crippen molar-refractivity contribution in [1.82, 2.24) is 0 Å². The summed E-state index contributed by atoms with van der Waals surface area (Å²) in [7, 11) is 2.97. The summed E-state index contributed by atoms with van der Waals surface area (Å²) in [5.41, 5.74) is 1.64. The summed E-state index contributed by atoms with van der Waals surface area (Å²) < 4.78 is 34.2. The highest BCUT2D eigenvalue weighted by atomic mass is 16.7. The molecule has 0 spiro atoms. The van der Waals surface area contributed by atoms with Crippen molar-refractivity contribution in [3.05, 3.63) is 47.5 Å². The van der Waals surface area contributed by atoms with Gasteiger partial charge in [0.25, 0.3) is 0 Å². The SMILES string of the molecule is COc1ccc(C2OCC3C(c4ccc(OC)c(OC5OC(CO)C(O)C(O)C5O)c4)OCC23)cc1O. The fraction of sp³-hybridized carbons (Fsp3) is 0.538. The number of phenols is 1. The number of rotatable bonds is 7. The first kappa shape index (κ1) is 26.0. The number of ether oxygens (including phenoxy) is 6. The first-order chi connectivity index (χ1) is 17.9. The lowest BCUT2D eigenvalue weighted by atomic mass is 9.85. The molecule has 0 aliphatic carbocycles. The molecule has 0 bridgehead atoms. The maximum Gasteiger partial charge on any atom is 0.229 e. The van der Waals surface area contributed by atoms with Crippen LogP contribution in [0.2, 0.25) is 0 Å². The van der Waals surface area contributed by atoms with Crippen LogP contribution in [-0.4, -0.2) is 90.3 Å². The number of aromatic hydroxyl groups is 1. The zero-order chi connectivity index (χ0) is 26.3. The van der Waals surface area contributed by atoms with E-state index in [1.54, 1.807) is 24.3 Å². The summed E-state index contributed by atoms with van der Waals surface area (Å²) in [6.07, 6.45) is -7.59. The molecule has 3 fully saturated rings. The Hall–Kier alpha value is -2.64. The molecule has 0 aromatic heterocycles. The molecule has 9 unspecified atom stereocenters. The fourth-order valence-corrected chi connectivity index (χ4v) is 5.37. The summed E-state index contributed by atoms with van der Waals surface area (Å²) in [5, 5.41) is 50.2. The van der Waals surface area contributed by atoms with E-state index in [1.165, 1.54) is 14.2 Å². The van der Waals surface area contributed by atoms with Gasteiger partial charge < -0.3 is 54.0 Å². The highest BCUT2D eigenvalue weighted by molar-refractivity contribution is 5.45. The van der Waals surface area contributed by atoms with Crippen LogP contribution in [0.4, 0.5) is 0 Å². The lowest BCUT2D eigenvalue weighted by Crippen LogP contribution is -2.60. The van der Waals surface area contributed by atoms with Crippen molar-refractivity contribution < 1.29 is 54.0 Å². The third-order valence-electron chi connectivity index (χ3n) is 7.40. The van der Waals surface area contributed by atoms with Gasteiger partial charge in [0.1, 0.15) is 24.4 Å². The van der Waals surface area contributed by atoms with Crippen LogP contribution in [0.15, 0.2) is 36.4 Å². The van der Waals surface area contributed by atoms with E-state index >= 15 is 0 Å². The molecule has 0 radical (unpaired) electrons. The van der Waals surface area contributed by atoms with E-state index in [4.69, 9.17) is 28.4 Å². The molecule has 2 aromatic carbocycles. The van der Waals surface area contributed by atoms with E-state index in [9.17, 15) is 25.5 Å². The van der Waals surface area contributed by atoms with Gasteiger partial charge in [-0.3, -0.25) is 0 Å². The standard InChI is InChI=1S/C26H32O11/c1-32-17-5-3-12(7-16(17)28)24-14-10-35-25(15(14)11-34-24)13-4-6-18(33-2)19(8-13)36-26-23(31)22(30)21(29)20(9-27)37-26/h3-8,14-15,20-31H,9-11H2,1-2H3. The number of hydrogen-bond acceptors (Lipinski definition) is 11. The summed E-state index contributed by atoms with van der Waals surface area (Å²) in [4.78, 5) is 0. The van der Waals surface area contributed by atoms with Gasteiger partial charge in [0.15, 0.2) is 23.0 Å². The molecule has 3 aliphatic heterocycles. The molecule has 3 saturated heterocycles. The quantitative estimate of drug-likeness (QED) is 0.349. The summed E-state index contributed by atoms with van der Waals surface area (Å²) in [5.74, 6) is 1.16. The zero-order valence-electron chi connectivity index (χ0n) is 20.5. The van der Waals surface area contributed by atoms with Crippen molar-refractivity contribution in [1.29, 1.82) is 0 Å². The monoisotopic (exact) mass is 520 g/mol. The van der Waals surface area contributed by atoms with Crippen molar-refractivity contribution in [3.63, 3.8) is 0 Å². The van der Waals surface area contributed by atoms with Crippen molar-refractivity contribution >= 4 is 0 Å². The third kappa shape index (κ3) is 4.72. The molecule has 11 nitrogen and oxygen atoms in total. The third-order valence-corrected chi connectivity index (χ3v) is 7.40. The minimum atomic E-state index is -1.56. The van der Waals surface area contributed by atoms with E-state index in [-0.39, 0.29) is 35.5 Å². The Labute approximate surface area is 213 Å². The molecule has 2 aromatic rings. The molecular weight excluding hydrogens is 488 g/mol. The van der Waals surface area contributed by atoms with E-state index in [0.29, 0.717) is 24.7 Å². The normalized spacial score (nSPS) is 35.2. The predicted molar refractivity (Wildman–Crippen MR) is 126 cm³/mol. The predicted octanol–water partition coefficient (Wildman–Crippen LogP) is 0.663. The van der Waals surface area contributed by atoms with Gasteiger partial charge in [-0.1, -0.05) is 12.1 Å². The van der Waals surface area contributed by atoms with Gasteiger partial charge in [0.2, 0.25) is 6.29 Å². The Bertz CT molecular complexity index is 1090. The van der Waals surface area contributed by atoms with E-state index in [0.717, 1.165) is 11.1 Å². The molecule has 3 heterocycles. The topological polar surface area (TPSA) is 157 Å². The number of aliphatic hydroxyl groups is 4. The maximum atomic E-state index is 10.4. The van der Waals surface area contributed by atoms with Gasteiger partial charge in [0, 0.05) is 11.8 Å². The molecule has 3 aliphatic rings. The molecule has 0 amide bonds. The fourth-order valence-electron chi connectivity index (χ4n) is 5.37. The molecule has 202 valence electrons. The largest absolute Gasteiger partial charge is 0.504 e. The number of benzene rings is 2. The highest BCUT2D eigenvalue weighted by Crippen LogP contribution is 2.51. The summed E-state index contributed by atoms with van der Waals surface area (Å²) in [6.45, 7) is 0.359. The van der Waals surface area contributed by atoms with Crippen molar-refractivity contribution in [2.75, 3.05) is 34.0 Å². The van der Waals surface area contributed by atoms with Crippen LogP contribution in [-0.2, 0) is 14.2 Å². The molecule has 9 atom stereocenters. The average molecular weight is 521 g/mol. The van der Waals surface area contributed by atoms with Crippen molar-refractivity contribution in [2.24, 2.45) is 11.8 Å². The first-order valence-corrected chi connectivity index (χ1v) is 12.1. The molecule has 11 heteroatoms. The van der Waals surface area contributed by atoms with Crippen LogP contribution < -0.4 is 14.2 Å². The van der Waals surface area contributed by atoms with E-state index < -0.39 is 37.3 Å². The van der Waals surface area contributed by atoms with Crippen LogP contribution in [0.1, 0.15) is 23.3 Å². The Morgan fingerprint density at radius 1 is 0.784 bits per heavy atom. The van der Waals surface area contributed by atoms with Crippen LogP contribution in [0.5, 0.6) is 23.0 Å². The second-order valence-electron chi connectivity index (χ2n) is 9.49. The second-order valence-corrected chi connectivity index (χ2v) is 9.49. The van der Waals surface area contributed by atoms with E-state index in [1.807, 2.05) is 12.1 Å². The van der Waals surface area contributed by atoms with Gasteiger partial charge >= 0.3 is 0 Å². The van der Waals surface area contributed by atoms with Gasteiger partial charge in [-0.15, -0.1) is 0 Å². The Morgan fingerprint density at radius 2 is 1.38 bits per heavy atom. The Kier molecular flexibility index (Phi) is 7.46. The summed E-state index contributed by atoms with van der Waals surface area (Å²) in [6, 6.07) is 10.5. The lowest BCUT2D eigenvalue weighted by molar-refractivity contribution is -0.277. The minimum Gasteiger partial charge on any atom is -0.504 e. The Morgan fingerprint density at radius 3 is 1.95 bits per heavy atom. The molecule has 5 N–H and O–H groups in total. The van der Waals surface area contributed by atoms with Crippen molar-refractivity contribution in [3.8, 4) is 23.0 Å². The molecule has 0 saturated carbocycles. The van der Waals surface area contributed by atoms with Crippen LogP contribution >= 0.6 is 0 Å². The molecular formula is C26H32O11. The number of methoxy groups -OCH3 is 2. The van der Waals surface area contributed by atoms with Crippen LogP contribution in [0, 0.1) is 11.8 Å². The van der Waals surface area contributed by atoms with Gasteiger partial charge in [0.05, 0.1) is 46.2 Å². The summed E-state index contributed by atoms with van der Waals surface area (Å²) >= 11 is 0. The molecule has 37 heavy (non-hydrogen) atoms. The van der Waals surface area contributed by atoms with Crippen LogP contribution in [0.3, 0.4) is 0 Å². The number of aliphatic hydroxyl groups excluding tert-OH is 4. The molecule has 5 rings (SSSR count). The van der Waals surface area contributed by atoms with Crippen LogP contribution in [0.25, 0.3) is 0 Å². The van der Waals surface area contributed by atoms with Gasteiger partial charge in [-0.05, 0) is 35.4 Å². The van der Waals surface area contributed by atoms with E-state index in [2.05, 4.69) is 0 Å². The minimum absolute atomic E-state index is 0.0442. The maximum absolute atomic E-state index is 10.4. The van der Waals surface area contributed by atoms with Gasteiger partial charge in [-0.2, -0.15) is 0 Å². The number of fused-ring (bicyclic) bond motifs is 1. The van der Waals surface area contributed by atoms with Crippen molar-refractivity contribution in [2.45, 2.75) is 42.9 Å².